The van der Waals surface area contributed by atoms with Gasteiger partial charge < -0.3 is 20.3 Å². The third-order valence-electron chi connectivity index (χ3n) is 5.60. The lowest BCUT2D eigenvalue weighted by atomic mass is 9.90. The third kappa shape index (κ3) is 6.47. The lowest BCUT2D eigenvalue weighted by Crippen LogP contribution is -2.35. The topological polar surface area (TPSA) is 53.6 Å². The smallest absolute Gasteiger partial charge is 0.318 e. The molecule has 0 atom stereocenters. The van der Waals surface area contributed by atoms with Crippen LogP contribution in [-0.2, 0) is 12.8 Å². The highest BCUT2D eigenvalue weighted by atomic mass is 79.9. The highest BCUT2D eigenvalue weighted by Crippen LogP contribution is 2.28. The number of urea groups is 1. The Morgan fingerprint density at radius 1 is 1.21 bits per heavy atom. The van der Waals surface area contributed by atoms with E-state index in [1.807, 2.05) is 18.2 Å². The van der Waals surface area contributed by atoms with Crippen LogP contribution in [0.25, 0.3) is 0 Å². The van der Waals surface area contributed by atoms with E-state index in [-0.39, 0.29) is 6.03 Å². The molecule has 0 spiro atoms. The van der Waals surface area contributed by atoms with Gasteiger partial charge in [0.15, 0.2) is 0 Å². The summed E-state index contributed by atoms with van der Waals surface area (Å²) >= 11 is 3.68. The number of carbonyl (C=O) groups is 1. The number of nitrogens with one attached hydrogen (secondary N) is 2. The molecule has 0 radical (unpaired) electrons. The second-order valence-electron chi connectivity index (χ2n) is 7.60. The molecule has 1 aliphatic heterocycles. The molecule has 0 aliphatic carbocycles. The van der Waals surface area contributed by atoms with E-state index in [1.165, 1.54) is 28.4 Å². The Bertz CT molecular complexity index is 820. The van der Waals surface area contributed by atoms with Crippen LogP contribution < -0.4 is 15.4 Å². The average molecular weight is 460 g/mol. The van der Waals surface area contributed by atoms with Crippen molar-refractivity contribution in [3.05, 3.63) is 58.1 Å². The normalized spacial score (nSPS) is 15.1. The Morgan fingerprint density at radius 2 is 2.00 bits per heavy atom. The summed E-state index contributed by atoms with van der Waals surface area (Å²) in [6.45, 7) is 3.34. The van der Waals surface area contributed by atoms with Gasteiger partial charge >= 0.3 is 6.03 Å². The molecule has 3 rings (SSSR count). The van der Waals surface area contributed by atoms with Gasteiger partial charge in [0.1, 0.15) is 5.75 Å². The molecule has 1 saturated heterocycles. The van der Waals surface area contributed by atoms with Crippen LogP contribution in [0.5, 0.6) is 5.75 Å². The molecule has 0 unspecified atom stereocenters. The van der Waals surface area contributed by atoms with Gasteiger partial charge in [0.2, 0.25) is 0 Å². The highest BCUT2D eigenvalue weighted by Gasteiger charge is 2.20. The third-order valence-corrected chi connectivity index (χ3v) is 6.37. The molecular weight excluding hydrogens is 430 g/mol. The Kier molecular flexibility index (Phi) is 7.95. The van der Waals surface area contributed by atoms with Crippen molar-refractivity contribution in [2.45, 2.75) is 25.7 Å². The van der Waals surface area contributed by atoms with Gasteiger partial charge in [0.05, 0.1) is 7.11 Å². The summed E-state index contributed by atoms with van der Waals surface area (Å²) in [5.74, 6) is 1.64. The molecule has 2 aromatic carbocycles. The van der Waals surface area contributed by atoms with Gasteiger partial charge in [0.25, 0.3) is 0 Å². The number of likely N-dealkylation sites (tertiary alicyclic amines) is 1. The van der Waals surface area contributed by atoms with E-state index in [9.17, 15) is 4.79 Å². The van der Waals surface area contributed by atoms with Crippen molar-refractivity contribution in [2.24, 2.45) is 5.92 Å². The molecular formula is C23H30BrN3O2. The fourth-order valence-corrected chi connectivity index (χ4v) is 4.25. The molecule has 156 valence electrons. The van der Waals surface area contributed by atoms with Crippen molar-refractivity contribution in [3.8, 4) is 5.75 Å². The molecule has 2 aromatic rings. The van der Waals surface area contributed by atoms with E-state index in [4.69, 9.17) is 4.74 Å². The zero-order valence-electron chi connectivity index (χ0n) is 17.2. The zero-order valence-corrected chi connectivity index (χ0v) is 18.8. The monoisotopic (exact) mass is 459 g/mol. The molecule has 0 aromatic heterocycles. The van der Waals surface area contributed by atoms with Crippen LogP contribution in [0.3, 0.4) is 0 Å². The predicted molar refractivity (Wildman–Crippen MR) is 122 cm³/mol. The first-order valence-electron chi connectivity index (χ1n) is 10.2. The number of ether oxygens (including phenoxy) is 1. The van der Waals surface area contributed by atoms with Gasteiger partial charge in [-0.1, -0.05) is 28.1 Å². The maximum absolute atomic E-state index is 11.5. The van der Waals surface area contributed by atoms with E-state index in [0.29, 0.717) is 0 Å². The average Bonchev–Trinajstić information content (AvgIpc) is 2.75. The quantitative estimate of drug-likeness (QED) is 0.630. The molecule has 29 heavy (non-hydrogen) atoms. The van der Waals surface area contributed by atoms with Gasteiger partial charge in [-0.05, 0) is 86.1 Å². The Labute approximate surface area is 181 Å². The summed E-state index contributed by atoms with van der Waals surface area (Å²) in [6.07, 6.45) is 4.54. The molecule has 0 bridgehead atoms. The molecule has 1 fully saturated rings. The number of piperidine rings is 1. The van der Waals surface area contributed by atoms with Crippen LogP contribution in [-0.4, -0.2) is 44.7 Å². The van der Waals surface area contributed by atoms with E-state index < -0.39 is 0 Å². The van der Waals surface area contributed by atoms with Gasteiger partial charge in [-0.15, -0.1) is 0 Å². The SMILES string of the molecule is CNC(=O)Nc1cccc(CCN2CCC(Cc3cc(OC)ccc3Br)CC2)c1. The van der Waals surface area contributed by atoms with Crippen LogP contribution in [0.15, 0.2) is 46.9 Å². The van der Waals surface area contributed by atoms with Crippen molar-refractivity contribution in [1.29, 1.82) is 0 Å². The van der Waals surface area contributed by atoms with Crippen molar-refractivity contribution in [1.82, 2.24) is 10.2 Å². The standard InChI is InChI=1S/C23H30BrN3O2/c1-25-23(28)26-20-5-3-4-17(15-20)8-11-27-12-9-18(10-13-27)14-19-16-21(29-2)6-7-22(19)24/h3-7,15-16,18H,8-14H2,1-2H3,(H2,25,26,28). The highest BCUT2D eigenvalue weighted by molar-refractivity contribution is 9.10. The van der Waals surface area contributed by atoms with Crippen molar-refractivity contribution < 1.29 is 9.53 Å². The second-order valence-corrected chi connectivity index (χ2v) is 8.46. The number of carbonyl (C=O) groups excluding carboxylic acids is 1. The summed E-state index contributed by atoms with van der Waals surface area (Å²) in [7, 11) is 3.34. The van der Waals surface area contributed by atoms with E-state index in [0.717, 1.165) is 49.8 Å². The Hall–Kier alpha value is -2.05. The predicted octanol–water partition coefficient (Wildman–Crippen LogP) is 4.71. The number of hydrogen-bond acceptors (Lipinski definition) is 3. The van der Waals surface area contributed by atoms with Crippen LogP contribution >= 0.6 is 15.9 Å². The number of rotatable bonds is 7. The Morgan fingerprint density at radius 3 is 2.72 bits per heavy atom. The summed E-state index contributed by atoms with van der Waals surface area (Å²) < 4.78 is 6.54. The maximum Gasteiger partial charge on any atom is 0.318 e. The van der Waals surface area contributed by atoms with Gasteiger partial charge in [-0.25, -0.2) is 4.79 Å². The minimum atomic E-state index is -0.188. The molecule has 2 N–H and O–H groups in total. The molecule has 0 saturated carbocycles. The minimum Gasteiger partial charge on any atom is -0.497 e. The zero-order chi connectivity index (χ0) is 20.6. The van der Waals surface area contributed by atoms with Gasteiger partial charge in [-0.3, -0.25) is 0 Å². The molecule has 1 aliphatic rings. The summed E-state index contributed by atoms with van der Waals surface area (Å²) in [4.78, 5) is 14.0. The summed E-state index contributed by atoms with van der Waals surface area (Å²) in [5, 5.41) is 5.41. The number of nitrogens with zero attached hydrogens (tertiary/aromatic N) is 1. The van der Waals surface area contributed by atoms with Crippen molar-refractivity contribution in [3.63, 3.8) is 0 Å². The lowest BCUT2D eigenvalue weighted by Gasteiger charge is -2.32. The van der Waals surface area contributed by atoms with Crippen LogP contribution in [0.4, 0.5) is 10.5 Å². The number of hydrogen-bond donors (Lipinski definition) is 2. The number of methoxy groups -OCH3 is 1. The fourth-order valence-electron chi connectivity index (χ4n) is 3.85. The van der Waals surface area contributed by atoms with E-state index in [1.54, 1.807) is 14.2 Å². The van der Waals surface area contributed by atoms with Crippen LogP contribution in [0, 0.1) is 5.92 Å². The van der Waals surface area contributed by atoms with E-state index >= 15 is 0 Å². The number of halogens is 1. The number of benzene rings is 2. The second kappa shape index (κ2) is 10.6. The lowest BCUT2D eigenvalue weighted by molar-refractivity contribution is 0.186. The Balaban J connectivity index is 1.46. The maximum atomic E-state index is 11.5. The largest absolute Gasteiger partial charge is 0.497 e. The van der Waals surface area contributed by atoms with Crippen LogP contribution in [0.1, 0.15) is 24.0 Å². The first-order valence-corrected chi connectivity index (χ1v) is 11.0. The number of anilines is 1. The molecule has 6 heteroatoms. The molecule has 5 nitrogen and oxygen atoms in total. The molecule has 1 heterocycles. The van der Waals surface area contributed by atoms with Gasteiger partial charge in [-0.2, -0.15) is 0 Å². The van der Waals surface area contributed by atoms with Crippen LogP contribution in [0.2, 0.25) is 0 Å². The van der Waals surface area contributed by atoms with Gasteiger partial charge in [0, 0.05) is 23.8 Å². The van der Waals surface area contributed by atoms with Crippen molar-refractivity contribution in [2.75, 3.05) is 39.1 Å². The minimum absolute atomic E-state index is 0.188. The fraction of sp³-hybridized carbons (Fsp3) is 0.435. The summed E-state index contributed by atoms with van der Waals surface area (Å²) in [6, 6.07) is 14.1. The van der Waals surface area contributed by atoms with Crippen molar-refractivity contribution >= 4 is 27.6 Å². The molecule has 2 amide bonds. The first-order chi connectivity index (χ1) is 14.1. The van der Waals surface area contributed by atoms with E-state index in [2.05, 4.69) is 55.7 Å². The number of amides is 2. The first kappa shape index (κ1) is 21.7. The summed E-state index contributed by atoms with van der Waals surface area (Å²) in [5.41, 5.74) is 3.42.